The Morgan fingerprint density at radius 2 is 1.39 bits per heavy atom. The summed E-state index contributed by atoms with van der Waals surface area (Å²) in [5.41, 5.74) is 11.8. The molecule has 6 heterocycles. The largest absolute Gasteiger partial charge is 0.478 e. The van der Waals surface area contributed by atoms with Crippen LogP contribution in [0.5, 0.6) is 11.5 Å². The number of hydrogen-bond donors (Lipinski definition) is 4. The quantitative estimate of drug-likeness (QED) is 0.0694. The fourth-order valence-corrected chi connectivity index (χ4v) is 13.1. The van der Waals surface area contributed by atoms with Crippen LogP contribution in [0.15, 0.2) is 89.8 Å². The Bertz CT molecular complexity index is 3730. The Morgan fingerprint density at radius 1 is 0.740 bits per heavy atom. The number of ether oxygens (including phenoxy) is 1. The van der Waals surface area contributed by atoms with Crippen molar-refractivity contribution >= 4 is 39.1 Å². The van der Waals surface area contributed by atoms with E-state index in [2.05, 4.69) is 87.6 Å². The molecule has 0 unspecified atom stereocenters. The molecule has 5 aromatic carbocycles. The van der Waals surface area contributed by atoms with E-state index in [1.54, 1.807) is 28.9 Å². The zero-order chi connectivity index (χ0) is 54.7. The highest BCUT2D eigenvalue weighted by Crippen LogP contribution is 2.57. The molecule has 0 saturated heterocycles. The van der Waals surface area contributed by atoms with Gasteiger partial charge in [-0.2, -0.15) is 5.10 Å². The Hall–Kier alpha value is -7.10. The fraction of sp³-hybridized carbons (Fsp3) is 0.403. The summed E-state index contributed by atoms with van der Waals surface area (Å²) in [6.45, 7) is 24.6. The Labute approximate surface area is 451 Å². The van der Waals surface area contributed by atoms with Crippen LogP contribution in [0.3, 0.4) is 0 Å². The van der Waals surface area contributed by atoms with E-state index < -0.39 is 21.9 Å². The zero-order valence-corrected chi connectivity index (χ0v) is 46.6. The minimum absolute atomic E-state index is 0.0116. The highest BCUT2D eigenvalue weighted by Gasteiger charge is 2.48. The number of carboxylic acid groups (broad SMARTS) is 1. The Kier molecular flexibility index (Phi) is 12.5. The van der Waals surface area contributed by atoms with Crippen LogP contribution in [0.2, 0.25) is 0 Å². The molecule has 0 bridgehead atoms. The number of nitrogens with one attached hydrogen (secondary N) is 2. The van der Waals surface area contributed by atoms with Crippen molar-refractivity contribution in [1.82, 2.24) is 25.0 Å². The van der Waals surface area contributed by atoms with Gasteiger partial charge in [0.05, 0.1) is 33.1 Å². The van der Waals surface area contributed by atoms with Crippen LogP contribution in [0.25, 0.3) is 22.5 Å². The van der Waals surface area contributed by atoms with Crippen molar-refractivity contribution in [2.45, 2.75) is 127 Å². The Morgan fingerprint density at radius 3 is 2.08 bits per heavy atom. The first-order valence-electron chi connectivity index (χ1n) is 27.0. The summed E-state index contributed by atoms with van der Waals surface area (Å²) in [6.07, 6.45) is 4.32. The van der Waals surface area contributed by atoms with Gasteiger partial charge in [-0.1, -0.05) is 91.3 Å². The molecule has 5 N–H and O–H groups in total. The van der Waals surface area contributed by atoms with Crippen LogP contribution < -0.4 is 40.6 Å². The van der Waals surface area contributed by atoms with Crippen LogP contribution in [-0.4, -0.2) is 80.4 Å². The molecule has 0 aliphatic carbocycles. The van der Waals surface area contributed by atoms with Crippen molar-refractivity contribution in [1.29, 1.82) is 0 Å². The smallest absolute Gasteiger partial charge is 0.336 e. The average molecular weight is 1060 g/mol. The predicted octanol–water partition coefficient (Wildman–Crippen LogP) is 8.05. The number of rotatable bonds is 12. The maximum absolute atomic E-state index is 14.0. The number of carbonyl (C=O) groups is 3. The third-order valence-corrected chi connectivity index (χ3v) is 18.3. The second kappa shape index (κ2) is 18.5. The van der Waals surface area contributed by atoms with Gasteiger partial charge < -0.3 is 25.4 Å². The second-order valence-corrected chi connectivity index (χ2v) is 26.1. The van der Waals surface area contributed by atoms with Crippen LogP contribution in [0.1, 0.15) is 153 Å². The van der Waals surface area contributed by atoms with Gasteiger partial charge in [0.2, 0.25) is 21.3 Å². The van der Waals surface area contributed by atoms with Crippen molar-refractivity contribution in [2.75, 3.05) is 44.2 Å². The topological polar surface area (TPSA) is 189 Å². The number of aromatic nitrogens is 2. The summed E-state index contributed by atoms with van der Waals surface area (Å²) in [4.78, 5) is 43.5. The standard InChI is InChI=1S/C62H69N7O7S/c1-36-10-12-37(13-11-36)48-33-39(66-69(48)40-16-18-41(19-17-40)77(63,74)75)15-21-49(70)64-26-27-65-57(71)38-14-20-42(43(32-38)58(72)73)50-44-34-46-53-51(61(6,7)24-30-67(53)28-22-59(46,2)3)55(44)76-56-45(50)35-47-54-52(56)62(8,9)25-31-68(54)29-23-60(47,4)5/h10-14,16-20,32-35H,15,21-31H2,1-9H3,(H4-,63,64,65,70,71,72,73,74,75)/p+1. The number of carboxylic acids is 1. The van der Waals surface area contributed by atoms with Gasteiger partial charge in [0.1, 0.15) is 24.6 Å². The molecule has 77 heavy (non-hydrogen) atoms. The van der Waals surface area contributed by atoms with Crippen molar-refractivity contribution in [3.8, 4) is 28.4 Å². The Balaban J connectivity index is 0.892. The molecule has 0 radical (unpaired) electrons. The zero-order valence-electron chi connectivity index (χ0n) is 45.7. The molecule has 400 valence electrons. The number of sulfonamides is 1. The van der Waals surface area contributed by atoms with E-state index in [9.17, 15) is 27.9 Å². The molecule has 6 aromatic rings. The number of carbonyl (C=O) groups excluding carboxylic acids is 2. The maximum atomic E-state index is 14.0. The number of benzene rings is 5. The molecule has 2 amide bonds. The third-order valence-electron chi connectivity index (χ3n) is 17.4. The number of nitrogens with zero attached hydrogens (tertiary/aromatic N) is 4. The molecule has 0 fully saturated rings. The molecule has 0 saturated carbocycles. The van der Waals surface area contributed by atoms with E-state index in [0.29, 0.717) is 23.4 Å². The molecule has 5 aliphatic rings. The molecular weight excluding hydrogens is 987 g/mol. The lowest BCUT2D eigenvalue weighted by Gasteiger charge is -2.49. The molecule has 5 aliphatic heterocycles. The van der Waals surface area contributed by atoms with E-state index in [1.807, 2.05) is 37.3 Å². The van der Waals surface area contributed by atoms with Gasteiger partial charge in [-0.05, 0) is 96.3 Å². The molecule has 0 spiro atoms. The van der Waals surface area contributed by atoms with E-state index >= 15 is 0 Å². The molecule has 0 atom stereocenters. The summed E-state index contributed by atoms with van der Waals surface area (Å²) in [7, 11) is -3.88. The summed E-state index contributed by atoms with van der Waals surface area (Å²) < 4.78 is 35.7. The number of primary sulfonamides is 1. The van der Waals surface area contributed by atoms with Gasteiger partial charge in [-0.25, -0.2) is 27.6 Å². The van der Waals surface area contributed by atoms with Gasteiger partial charge in [0.25, 0.3) is 5.91 Å². The predicted molar refractivity (Wildman–Crippen MR) is 300 cm³/mol. The normalized spacial score (nSPS) is 18.0. The minimum atomic E-state index is -3.88. The van der Waals surface area contributed by atoms with Crippen molar-refractivity contribution in [3.05, 3.63) is 151 Å². The monoisotopic (exact) mass is 1060 g/mol. The lowest BCUT2D eigenvalue weighted by atomic mass is 9.67. The van der Waals surface area contributed by atoms with Gasteiger partial charge in [0, 0.05) is 107 Å². The summed E-state index contributed by atoms with van der Waals surface area (Å²) in [5.74, 6) is -0.234. The minimum Gasteiger partial charge on any atom is -0.478 e. The number of fused-ring (bicyclic) bond motifs is 4. The molecule has 11 rings (SSSR count). The van der Waals surface area contributed by atoms with E-state index in [4.69, 9.17) is 15.0 Å². The van der Waals surface area contributed by atoms with Crippen molar-refractivity contribution in [3.63, 3.8) is 0 Å². The van der Waals surface area contributed by atoms with Crippen LogP contribution in [-0.2, 0) is 42.9 Å². The fourth-order valence-electron chi connectivity index (χ4n) is 12.6. The summed E-state index contributed by atoms with van der Waals surface area (Å²) in [6, 6.07) is 25.6. The molecule has 1 aromatic heterocycles. The SMILES string of the molecule is Cc1ccc(-c2cc(CCC(=O)NCCNC(=O)c3ccc(C4=c5cc6c7c(c5Oc5c4cc4c8c5C(C)(C)CCN8CCC4(C)C)C(C)(C)CC[N+]=7CCC6(C)C)c(C(=O)O)c3)nn2-c2ccc(S(N)(=O)=O)cc2)cc1. The van der Waals surface area contributed by atoms with Crippen LogP contribution in [0.4, 0.5) is 5.69 Å². The first kappa shape index (κ1) is 52.0. The maximum Gasteiger partial charge on any atom is 0.336 e. The number of aryl methyl sites for hydroxylation is 2. The van der Waals surface area contributed by atoms with E-state index in [-0.39, 0.29) is 63.1 Å². The van der Waals surface area contributed by atoms with Crippen LogP contribution in [0, 0.1) is 6.92 Å². The van der Waals surface area contributed by atoms with Crippen molar-refractivity contribution < 1.29 is 32.6 Å². The lowest BCUT2D eigenvalue weighted by Crippen LogP contribution is -2.54. The number of nitrogens with two attached hydrogens (primary N) is 1. The molecule has 15 heteroatoms. The number of hydrogen-bond acceptors (Lipinski definition) is 8. The number of aromatic carboxylic acids is 1. The second-order valence-electron chi connectivity index (χ2n) is 24.5. The first-order chi connectivity index (χ1) is 36.3. The highest BCUT2D eigenvalue weighted by molar-refractivity contribution is 7.89. The molecule has 14 nitrogen and oxygen atoms in total. The number of anilines is 1. The van der Waals surface area contributed by atoms with Crippen molar-refractivity contribution in [2.24, 2.45) is 5.14 Å². The van der Waals surface area contributed by atoms with Gasteiger partial charge in [0.15, 0.2) is 0 Å². The van der Waals surface area contributed by atoms with E-state index in [0.717, 1.165) is 96.5 Å². The highest BCUT2D eigenvalue weighted by atomic mass is 32.2. The summed E-state index contributed by atoms with van der Waals surface area (Å²) >= 11 is 0. The lowest BCUT2D eigenvalue weighted by molar-refractivity contribution is -0.121. The molecular formula is C62H70N7O7S+. The number of amides is 2. The third kappa shape index (κ3) is 9.12. The average Bonchev–Trinajstić information content (AvgIpc) is 4.00. The van der Waals surface area contributed by atoms with Gasteiger partial charge in [-0.3, -0.25) is 9.59 Å². The van der Waals surface area contributed by atoms with Crippen LogP contribution >= 0.6 is 0 Å². The van der Waals surface area contributed by atoms with E-state index in [1.165, 1.54) is 51.5 Å². The summed E-state index contributed by atoms with van der Waals surface area (Å²) in [5, 5.41) is 29.3. The van der Waals surface area contributed by atoms with Gasteiger partial charge >= 0.3 is 5.97 Å². The van der Waals surface area contributed by atoms with Gasteiger partial charge in [-0.15, -0.1) is 0 Å². The first-order valence-corrected chi connectivity index (χ1v) is 28.6.